The quantitative estimate of drug-likeness (QED) is 0.668. The summed E-state index contributed by atoms with van der Waals surface area (Å²) >= 11 is 6.07. The van der Waals surface area contributed by atoms with Gasteiger partial charge in [-0.3, -0.25) is 4.79 Å². The van der Waals surface area contributed by atoms with Crippen LogP contribution < -0.4 is 5.56 Å². The molecule has 2 aromatic rings. The summed E-state index contributed by atoms with van der Waals surface area (Å²) in [4.78, 5) is 11.8. The number of benzene rings is 1. The first-order valence-electron chi connectivity index (χ1n) is 5.01. The first-order valence-corrected chi connectivity index (χ1v) is 5.39. The number of pyridine rings is 1. The lowest BCUT2D eigenvalue weighted by atomic mass is 10.1. The molecule has 1 aromatic carbocycles. The molecule has 1 atom stereocenters. The van der Waals surface area contributed by atoms with Crippen LogP contribution in [0.15, 0.2) is 29.1 Å². The zero-order valence-corrected chi connectivity index (χ0v) is 9.08. The smallest absolute Gasteiger partial charge is 0.252 e. The predicted octanol–water partition coefficient (Wildman–Crippen LogP) is 2.77. The predicted molar refractivity (Wildman–Crippen MR) is 61.6 cm³/mol. The first kappa shape index (κ1) is 8.98. The van der Waals surface area contributed by atoms with E-state index >= 15 is 0 Å². The fraction of sp³-hybridized carbons (Fsp3) is 0.250. The van der Waals surface area contributed by atoms with Crippen molar-refractivity contribution in [3.05, 3.63) is 45.2 Å². The van der Waals surface area contributed by atoms with E-state index in [1.54, 1.807) is 0 Å². The van der Waals surface area contributed by atoms with Crippen molar-refractivity contribution in [1.29, 1.82) is 0 Å². The van der Waals surface area contributed by atoms with E-state index in [-0.39, 0.29) is 11.6 Å². The van der Waals surface area contributed by atoms with E-state index in [2.05, 4.69) is 13.0 Å². The molecule has 15 heavy (non-hydrogen) atoms. The van der Waals surface area contributed by atoms with Crippen molar-refractivity contribution in [3.63, 3.8) is 0 Å². The Morgan fingerprint density at radius 2 is 2.27 bits per heavy atom. The highest BCUT2D eigenvalue weighted by molar-refractivity contribution is 6.35. The SMILES string of the molecule is CC1Cc2cccc3c(Cl)cc(=O)n1c23. The minimum atomic E-state index is 0.00458. The largest absolute Gasteiger partial charge is 0.305 e. The molecule has 2 nitrogen and oxygen atoms in total. The molecule has 0 bridgehead atoms. The average Bonchev–Trinajstić information content (AvgIpc) is 2.51. The van der Waals surface area contributed by atoms with Gasteiger partial charge >= 0.3 is 0 Å². The maximum atomic E-state index is 11.8. The Balaban J connectivity index is 2.61. The molecule has 1 unspecified atom stereocenters. The summed E-state index contributed by atoms with van der Waals surface area (Å²) in [5.74, 6) is 0. The second kappa shape index (κ2) is 2.86. The van der Waals surface area contributed by atoms with Gasteiger partial charge in [0.25, 0.3) is 5.56 Å². The summed E-state index contributed by atoms with van der Waals surface area (Å²) in [5.41, 5.74) is 2.24. The van der Waals surface area contributed by atoms with Gasteiger partial charge in [-0.2, -0.15) is 0 Å². The molecule has 76 valence electrons. The lowest BCUT2D eigenvalue weighted by molar-refractivity contribution is 0.579. The topological polar surface area (TPSA) is 22.0 Å². The van der Waals surface area contributed by atoms with Gasteiger partial charge in [-0.05, 0) is 18.9 Å². The van der Waals surface area contributed by atoms with Crippen molar-refractivity contribution in [2.24, 2.45) is 0 Å². The van der Waals surface area contributed by atoms with E-state index in [1.807, 2.05) is 16.7 Å². The Kier molecular flexibility index (Phi) is 1.71. The van der Waals surface area contributed by atoms with Crippen molar-refractivity contribution in [2.45, 2.75) is 19.4 Å². The van der Waals surface area contributed by atoms with Gasteiger partial charge in [0, 0.05) is 17.5 Å². The molecule has 0 saturated heterocycles. The number of hydrogen-bond acceptors (Lipinski definition) is 1. The van der Waals surface area contributed by atoms with Crippen molar-refractivity contribution in [3.8, 4) is 0 Å². The van der Waals surface area contributed by atoms with Gasteiger partial charge < -0.3 is 4.57 Å². The number of para-hydroxylation sites is 1. The zero-order valence-electron chi connectivity index (χ0n) is 8.33. The van der Waals surface area contributed by atoms with Crippen LogP contribution in [0.25, 0.3) is 10.9 Å². The van der Waals surface area contributed by atoms with Crippen LogP contribution in [0.2, 0.25) is 5.02 Å². The molecule has 3 rings (SSSR count). The molecule has 0 fully saturated rings. The highest BCUT2D eigenvalue weighted by Gasteiger charge is 2.22. The molecule has 0 N–H and O–H groups in total. The third-order valence-corrected chi connectivity index (χ3v) is 3.37. The summed E-state index contributed by atoms with van der Waals surface area (Å²) in [6.07, 6.45) is 0.924. The van der Waals surface area contributed by atoms with Gasteiger partial charge in [0.15, 0.2) is 0 Å². The third kappa shape index (κ3) is 1.08. The number of nitrogens with zero attached hydrogens (tertiary/aromatic N) is 1. The van der Waals surface area contributed by atoms with Crippen LogP contribution in [-0.2, 0) is 6.42 Å². The Bertz CT molecular complexity index is 615. The fourth-order valence-electron chi connectivity index (χ4n) is 2.45. The molecule has 1 aromatic heterocycles. The zero-order chi connectivity index (χ0) is 10.6. The summed E-state index contributed by atoms with van der Waals surface area (Å²) in [6, 6.07) is 7.79. The Morgan fingerprint density at radius 3 is 3.07 bits per heavy atom. The molecular formula is C12H10ClNO. The van der Waals surface area contributed by atoms with Gasteiger partial charge in [-0.15, -0.1) is 0 Å². The van der Waals surface area contributed by atoms with E-state index in [0.717, 1.165) is 17.3 Å². The number of halogens is 1. The van der Waals surface area contributed by atoms with Crippen LogP contribution in [0.5, 0.6) is 0 Å². The summed E-state index contributed by atoms with van der Waals surface area (Å²) in [6.45, 7) is 2.06. The Hall–Kier alpha value is -1.28. The summed E-state index contributed by atoms with van der Waals surface area (Å²) in [5, 5.41) is 1.54. The van der Waals surface area contributed by atoms with Crippen LogP contribution in [0, 0.1) is 0 Å². The minimum absolute atomic E-state index is 0.00458. The third-order valence-electron chi connectivity index (χ3n) is 3.06. The van der Waals surface area contributed by atoms with Crippen molar-refractivity contribution < 1.29 is 0 Å². The van der Waals surface area contributed by atoms with Gasteiger partial charge in [0.05, 0.1) is 10.5 Å². The van der Waals surface area contributed by atoms with Crippen LogP contribution in [0.4, 0.5) is 0 Å². The molecule has 0 amide bonds. The van der Waals surface area contributed by atoms with E-state index in [0.29, 0.717) is 5.02 Å². The van der Waals surface area contributed by atoms with Crippen molar-refractivity contribution >= 4 is 22.5 Å². The van der Waals surface area contributed by atoms with E-state index < -0.39 is 0 Å². The lowest BCUT2D eigenvalue weighted by Crippen LogP contribution is -2.19. The molecule has 3 heteroatoms. The van der Waals surface area contributed by atoms with Gasteiger partial charge in [0.2, 0.25) is 0 Å². The molecule has 2 heterocycles. The summed E-state index contributed by atoms with van der Waals surface area (Å²) < 4.78 is 1.84. The molecule has 0 aliphatic carbocycles. The highest BCUT2D eigenvalue weighted by Crippen LogP contribution is 2.33. The molecule has 1 aliphatic rings. The standard InChI is InChI=1S/C12H10ClNO/c1-7-5-8-3-2-4-9-10(13)6-11(15)14(7)12(8)9/h2-4,6-7H,5H2,1H3. The first-order chi connectivity index (χ1) is 7.18. The molecule has 1 aliphatic heterocycles. The molecule has 0 saturated carbocycles. The van der Waals surface area contributed by atoms with Crippen LogP contribution in [0.3, 0.4) is 0 Å². The normalized spacial score (nSPS) is 18.7. The van der Waals surface area contributed by atoms with Crippen molar-refractivity contribution in [2.75, 3.05) is 0 Å². The second-order valence-electron chi connectivity index (χ2n) is 4.07. The van der Waals surface area contributed by atoms with Gasteiger partial charge in [0.1, 0.15) is 0 Å². The van der Waals surface area contributed by atoms with E-state index in [1.165, 1.54) is 11.6 Å². The average molecular weight is 220 g/mol. The van der Waals surface area contributed by atoms with E-state index in [9.17, 15) is 4.79 Å². The number of hydrogen-bond donors (Lipinski definition) is 0. The Morgan fingerprint density at radius 1 is 1.47 bits per heavy atom. The number of rotatable bonds is 0. The second-order valence-corrected chi connectivity index (χ2v) is 4.47. The van der Waals surface area contributed by atoms with Crippen molar-refractivity contribution in [1.82, 2.24) is 4.57 Å². The molecular weight excluding hydrogens is 210 g/mol. The van der Waals surface area contributed by atoms with Crippen LogP contribution in [0.1, 0.15) is 18.5 Å². The monoisotopic (exact) mass is 219 g/mol. The summed E-state index contributed by atoms with van der Waals surface area (Å²) in [7, 11) is 0. The van der Waals surface area contributed by atoms with E-state index in [4.69, 9.17) is 11.6 Å². The van der Waals surface area contributed by atoms with Crippen LogP contribution >= 0.6 is 11.6 Å². The van der Waals surface area contributed by atoms with Gasteiger partial charge in [-0.25, -0.2) is 0 Å². The molecule has 0 spiro atoms. The minimum Gasteiger partial charge on any atom is -0.305 e. The maximum absolute atomic E-state index is 11.8. The lowest BCUT2D eigenvalue weighted by Gasteiger charge is -2.08. The number of aromatic nitrogens is 1. The maximum Gasteiger partial charge on any atom is 0.252 e. The Labute approximate surface area is 92.1 Å². The van der Waals surface area contributed by atoms with Gasteiger partial charge in [-0.1, -0.05) is 29.8 Å². The fourth-order valence-corrected chi connectivity index (χ4v) is 2.69. The van der Waals surface area contributed by atoms with Crippen LogP contribution in [-0.4, -0.2) is 4.57 Å². The molecule has 0 radical (unpaired) electrons. The highest BCUT2D eigenvalue weighted by atomic mass is 35.5.